The van der Waals surface area contributed by atoms with E-state index in [1.807, 2.05) is 0 Å². The minimum Gasteiger partial charge on any atom is -0.480 e. The highest BCUT2D eigenvalue weighted by atomic mass is 19.3. The van der Waals surface area contributed by atoms with E-state index in [1.165, 1.54) is 6.92 Å². The molecule has 0 aromatic carbocycles. The van der Waals surface area contributed by atoms with Gasteiger partial charge in [-0.25, -0.2) is 0 Å². The molecule has 1 aliphatic rings. The van der Waals surface area contributed by atoms with Crippen LogP contribution in [0.15, 0.2) is 0 Å². The average Bonchev–Trinajstić information content (AvgIpc) is 2.95. The van der Waals surface area contributed by atoms with Gasteiger partial charge in [-0.15, -0.1) is 0 Å². The van der Waals surface area contributed by atoms with Gasteiger partial charge < -0.3 is 51.7 Å². The first kappa shape index (κ1) is 27.0. The van der Waals surface area contributed by atoms with Gasteiger partial charge in [-0.05, 0) is 19.8 Å². The van der Waals surface area contributed by atoms with Gasteiger partial charge >= 0.3 is 11.9 Å². The number of carboxylic acids is 1. The van der Waals surface area contributed by atoms with Crippen LogP contribution in [0.3, 0.4) is 0 Å². The lowest BCUT2D eigenvalue weighted by atomic mass is 9.97. The lowest BCUT2D eigenvalue weighted by molar-refractivity contribution is -0.325. The number of rotatable bonds is 11. The van der Waals surface area contributed by atoms with Gasteiger partial charge in [0.2, 0.25) is 5.91 Å². The van der Waals surface area contributed by atoms with Crippen LogP contribution in [0.2, 0.25) is 0 Å². The van der Waals surface area contributed by atoms with Crippen molar-refractivity contribution in [2.24, 2.45) is 5.73 Å². The van der Waals surface area contributed by atoms with Gasteiger partial charge in [-0.1, -0.05) is 0 Å². The van der Waals surface area contributed by atoms with Crippen molar-refractivity contribution in [3.63, 3.8) is 0 Å². The van der Waals surface area contributed by atoms with E-state index < -0.39 is 79.1 Å². The molecule has 1 fully saturated rings. The molecular formula is C16H27F2N3O10. The molecule has 7 atom stereocenters. The highest BCUT2D eigenvalue weighted by molar-refractivity contribution is 5.86. The lowest BCUT2D eigenvalue weighted by Crippen LogP contribution is -2.63. The first-order chi connectivity index (χ1) is 14.2. The highest BCUT2D eigenvalue weighted by Gasteiger charge is 2.71. The van der Waals surface area contributed by atoms with Gasteiger partial charge in [0.15, 0.2) is 0 Å². The van der Waals surface area contributed by atoms with Crippen molar-refractivity contribution >= 4 is 17.8 Å². The molecule has 2 amide bonds. The molecule has 1 heterocycles. The third kappa shape index (κ3) is 5.82. The van der Waals surface area contributed by atoms with Gasteiger partial charge in [0.25, 0.3) is 11.7 Å². The van der Waals surface area contributed by atoms with Crippen LogP contribution in [0.1, 0.15) is 19.8 Å². The van der Waals surface area contributed by atoms with Gasteiger partial charge in [-0.3, -0.25) is 14.4 Å². The number of aliphatic hydroxyl groups excluding tert-OH is 4. The number of nitrogens with two attached hydrogens (primary N) is 1. The van der Waals surface area contributed by atoms with E-state index in [1.54, 1.807) is 5.32 Å². The number of aliphatic carboxylic acids is 1. The normalized spacial score (nSPS) is 29.1. The third-order valence-corrected chi connectivity index (χ3v) is 4.72. The van der Waals surface area contributed by atoms with E-state index in [0.29, 0.717) is 0 Å². The Bertz CT molecular complexity index is 670. The summed E-state index contributed by atoms with van der Waals surface area (Å²) in [5.41, 5.74) is 5.55. The molecule has 1 aliphatic heterocycles. The molecule has 0 unspecified atom stereocenters. The Morgan fingerprint density at radius 1 is 1.29 bits per heavy atom. The molecule has 0 aromatic heterocycles. The monoisotopic (exact) mass is 459 g/mol. The number of halogens is 2. The van der Waals surface area contributed by atoms with Crippen molar-refractivity contribution in [2.45, 2.75) is 68.0 Å². The van der Waals surface area contributed by atoms with Crippen molar-refractivity contribution in [1.82, 2.24) is 10.6 Å². The molecule has 0 spiro atoms. The number of carbonyl (C=O) groups excluding carboxylic acids is 2. The zero-order chi connectivity index (χ0) is 24.1. The fourth-order valence-electron chi connectivity index (χ4n) is 2.74. The summed E-state index contributed by atoms with van der Waals surface area (Å²) in [7, 11) is 0. The summed E-state index contributed by atoms with van der Waals surface area (Å²) >= 11 is 0. The highest BCUT2D eigenvalue weighted by Crippen LogP contribution is 2.42. The second kappa shape index (κ2) is 10.5. The molecule has 13 nitrogen and oxygen atoms in total. The second-order valence-electron chi connectivity index (χ2n) is 7.11. The molecule has 0 bridgehead atoms. The third-order valence-electron chi connectivity index (χ3n) is 4.72. The zero-order valence-electron chi connectivity index (χ0n) is 16.4. The second-order valence-corrected chi connectivity index (χ2v) is 7.11. The van der Waals surface area contributed by atoms with E-state index in [0.717, 1.165) is 0 Å². The maximum atomic E-state index is 14.5. The van der Waals surface area contributed by atoms with Gasteiger partial charge in [0, 0.05) is 6.54 Å². The minimum atomic E-state index is -4.78. The van der Waals surface area contributed by atoms with Crippen LogP contribution >= 0.6 is 0 Å². The SMILES string of the molecule is C[C@H](NC(=O)[C@@H](N)CCCNC(=O)C(F)(F)[C@]1(O)O[C@@H]([C@@H](O)CO)[C@@H](O)[C@H]1O)C(=O)O. The fraction of sp³-hybridized carbons (Fsp3) is 0.812. The first-order valence-electron chi connectivity index (χ1n) is 9.20. The summed E-state index contributed by atoms with van der Waals surface area (Å²) in [4.78, 5) is 34.2. The maximum Gasteiger partial charge on any atom is 0.379 e. The number of alkyl halides is 2. The summed E-state index contributed by atoms with van der Waals surface area (Å²) in [6.07, 6.45) is -9.03. The lowest BCUT2D eigenvalue weighted by Gasteiger charge is -2.33. The first-order valence-corrected chi connectivity index (χ1v) is 9.20. The summed E-state index contributed by atoms with van der Waals surface area (Å²) in [6, 6.07) is -2.38. The van der Waals surface area contributed by atoms with Crippen LogP contribution in [-0.4, -0.2) is 110 Å². The van der Waals surface area contributed by atoms with E-state index in [-0.39, 0.29) is 12.8 Å². The summed E-state index contributed by atoms with van der Waals surface area (Å²) < 4.78 is 33.4. The minimum absolute atomic E-state index is 0.0891. The number of nitrogens with one attached hydrogen (secondary N) is 2. The van der Waals surface area contributed by atoms with Crippen molar-refractivity contribution in [3.8, 4) is 0 Å². The number of hydrogen-bond acceptors (Lipinski definition) is 10. The van der Waals surface area contributed by atoms with Crippen LogP contribution in [0.25, 0.3) is 0 Å². The van der Waals surface area contributed by atoms with Crippen LogP contribution in [0.4, 0.5) is 8.78 Å². The molecule has 15 heteroatoms. The van der Waals surface area contributed by atoms with Gasteiger partial charge in [-0.2, -0.15) is 8.78 Å². The zero-order valence-corrected chi connectivity index (χ0v) is 16.4. The molecule has 1 saturated heterocycles. The Balaban J connectivity index is 2.63. The Kier molecular flexibility index (Phi) is 9.19. The average molecular weight is 459 g/mol. The maximum absolute atomic E-state index is 14.5. The molecular weight excluding hydrogens is 432 g/mol. The Labute approximate surface area is 174 Å². The molecule has 31 heavy (non-hydrogen) atoms. The number of carbonyl (C=O) groups is 3. The van der Waals surface area contributed by atoms with Gasteiger partial charge in [0.1, 0.15) is 30.5 Å². The smallest absolute Gasteiger partial charge is 0.379 e. The molecule has 0 aromatic rings. The Morgan fingerprint density at radius 2 is 1.87 bits per heavy atom. The van der Waals surface area contributed by atoms with E-state index in [2.05, 4.69) is 10.1 Å². The molecule has 0 saturated carbocycles. The topological polar surface area (TPSA) is 232 Å². The molecule has 0 radical (unpaired) electrons. The number of aliphatic hydroxyl groups is 5. The molecule has 1 rings (SSSR count). The largest absolute Gasteiger partial charge is 0.480 e. The quantitative estimate of drug-likeness (QED) is 0.134. The Hall–Kier alpha value is -2.01. The van der Waals surface area contributed by atoms with E-state index in [4.69, 9.17) is 15.9 Å². The molecule has 0 aliphatic carbocycles. The van der Waals surface area contributed by atoms with E-state index in [9.17, 15) is 43.6 Å². The van der Waals surface area contributed by atoms with Crippen LogP contribution in [-0.2, 0) is 19.1 Å². The number of ether oxygens (including phenoxy) is 1. The van der Waals surface area contributed by atoms with Crippen molar-refractivity contribution in [3.05, 3.63) is 0 Å². The standard InChI is InChI=1S/C16H27F2N3O10/c1-6(13(27)28)21-12(26)7(19)3-2-4-20-14(29)15(17,18)16(30)11(25)9(24)10(31-16)8(23)5-22/h6-11,22-25,30H,2-5,19H2,1H3,(H,20,29)(H,21,26)(H,27,28)/t6-,7-,8-,9+,10-,11+,16+/m0/s1. The summed E-state index contributed by atoms with van der Waals surface area (Å²) in [5.74, 6) is -12.8. The predicted octanol–water partition coefficient (Wildman–Crippen LogP) is -4.40. The number of hydrogen-bond donors (Lipinski definition) is 9. The summed E-state index contributed by atoms with van der Waals surface area (Å²) in [6.45, 7) is -0.275. The molecule has 180 valence electrons. The molecule has 10 N–H and O–H groups in total. The number of amides is 2. The van der Waals surface area contributed by atoms with E-state index >= 15 is 0 Å². The van der Waals surface area contributed by atoms with Crippen molar-refractivity contribution < 1.29 is 58.5 Å². The van der Waals surface area contributed by atoms with Crippen molar-refractivity contribution in [1.29, 1.82) is 0 Å². The van der Waals surface area contributed by atoms with Crippen LogP contribution in [0.5, 0.6) is 0 Å². The Morgan fingerprint density at radius 3 is 2.39 bits per heavy atom. The summed E-state index contributed by atoms with van der Waals surface area (Å²) in [5, 5.41) is 60.4. The van der Waals surface area contributed by atoms with Crippen molar-refractivity contribution in [2.75, 3.05) is 13.2 Å². The fourth-order valence-corrected chi connectivity index (χ4v) is 2.74. The van der Waals surface area contributed by atoms with Crippen LogP contribution in [0, 0.1) is 0 Å². The predicted molar refractivity (Wildman–Crippen MR) is 95.3 cm³/mol. The van der Waals surface area contributed by atoms with Gasteiger partial charge in [0.05, 0.1) is 12.6 Å². The van der Waals surface area contributed by atoms with Crippen LogP contribution < -0.4 is 16.4 Å². The number of carboxylic acid groups (broad SMARTS) is 1.